The van der Waals surface area contributed by atoms with Crippen LogP contribution < -0.4 is 0 Å². The number of hydrogen-bond acceptors (Lipinski definition) is 2. The second kappa shape index (κ2) is 11.8. The molecule has 1 atom stereocenters. The van der Waals surface area contributed by atoms with Gasteiger partial charge in [0.2, 0.25) is 0 Å². The maximum Gasteiger partial charge on any atom is 0.306 e. The molecule has 1 aliphatic heterocycles. The Hall–Kier alpha value is -0.970. The summed E-state index contributed by atoms with van der Waals surface area (Å²) in [7, 11) is 0. The van der Waals surface area contributed by atoms with E-state index in [-0.39, 0.29) is 12.1 Å². The van der Waals surface area contributed by atoms with Crippen molar-refractivity contribution in [1.82, 2.24) is 0 Å². The number of rotatable bonds is 10. The minimum atomic E-state index is -0.0197. The SMILES string of the molecule is CCCCCCCCC#CCCCC[C@H]1CCC(=O)O1. The van der Waals surface area contributed by atoms with Gasteiger partial charge in [0.1, 0.15) is 6.10 Å². The number of carbonyl (C=O) groups is 1. The Morgan fingerprint density at radius 2 is 1.65 bits per heavy atom. The molecule has 0 spiro atoms. The average molecular weight is 278 g/mol. The van der Waals surface area contributed by atoms with Crippen LogP contribution >= 0.6 is 0 Å². The Morgan fingerprint density at radius 3 is 2.30 bits per heavy atom. The van der Waals surface area contributed by atoms with Crippen molar-refractivity contribution >= 4 is 5.97 Å². The Labute approximate surface area is 124 Å². The van der Waals surface area contributed by atoms with E-state index in [0.717, 1.165) is 38.5 Å². The summed E-state index contributed by atoms with van der Waals surface area (Å²) in [5.41, 5.74) is 0. The zero-order chi connectivity index (χ0) is 14.5. The van der Waals surface area contributed by atoms with E-state index in [2.05, 4.69) is 18.8 Å². The van der Waals surface area contributed by atoms with Gasteiger partial charge in [-0.3, -0.25) is 4.79 Å². The lowest BCUT2D eigenvalue weighted by Gasteiger charge is -2.06. The van der Waals surface area contributed by atoms with Gasteiger partial charge in [0, 0.05) is 19.3 Å². The molecular formula is C18H30O2. The van der Waals surface area contributed by atoms with Gasteiger partial charge < -0.3 is 4.74 Å². The zero-order valence-electron chi connectivity index (χ0n) is 13.1. The summed E-state index contributed by atoms with van der Waals surface area (Å²) in [4.78, 5) is 10.9. The number of ether oxygens (including phenoxy) is 1. The number of carbonyl (C=O) groups excluding carboxylic acids is 1. The minimum absolute atomic E-state index is 0.0197. The molecule has 1 rings (SSSR count). The molecule has 0 aromatic heterocycles. The highest BCUT2D eigenvalue weighted by molar-refractivity contribution is 5.71. The maximum absolute atomic E-state index is 10.9. The Kier molecular flexibility index (Phi) is 10.1. The molecule has 0 radical (unpaired) electrons. The van der Waals surface area contributed by atoms with Crippen molar-refractivity contribution in [3.63, 3.8) is 0 Å². The van der Waals surface area contributed by atoms with Gasteiger partial charge in [-0.2, -0.15) is 0 Å². The van der Waals surface area contributed by atoms with E-state index < -0.39 is 0 Å². The smallest absolute Gasteiger partial charge is 0.306 e. The molecule has 114 valence electrons. The summed E-state index contributed by atoms with van der Waals surface area (Å²) < 4.78 is 5.19. The van der Waals surface area contributed by atoms with Gasteiger partial charge in [-0.25, -0.2) is 0 Å². The fraction of sp³-hybridized carbons (Fsp3) is 0.833. The lowest BCUT2D eigenvalue weighted by Crippen LogP contribution is -2.05. The van der Waals surface area contributed by atoms with Crippen LogP contribution in [0.5, 0.6) is 0 Å². The summed E-state index contributed by atoms with van der Waals surface area (Å²) in [6.45, 7) is 2.25. The van der Waals surface area contributed by atoms with E-state index in [4.69, 9.17) is 4.74 Å². The van der Waals surface area contributed by atoms with Crippen molar-refractivity contribution in [2.45, 2.75) is 96.5 Å². The fourth-order valence-electron chi connectivity index (χ4n) is 2.54. The van der Waals surface area contributed by atoms with Crippen LogP contribution in [0.2, 0.25) is 0 Å². The van der Waals surface area contributed by atoms with E-state index in [9.17, 15) is 4.79 Å². The minimum Gasteiger partial charge on any atom is -0.462 e. The predicted molar refractivity (Wildman–Crippen MR) is 83.4 cm³/mol. The summed E-state index contributed by atoms with van der Waals surface area (Å²) in [6.07, 6.45) is 15.1. The molecule has 1 saturated heterocycles. The standard InChI is InChI=1S/C18H30O2/c1-2-3-4-5-6-7-8-9-10-11-12-13-14-17-15-16-18(19)20-17/h17H,2-8,11-16H2,1H3/t17-/m0/s1. The van der Waals surface area contributed by atoms with Crippen molar-refractivity contribution in [2.24, 2.45) is 0 Å². The molecule has 0 aromatic carbocycles. The van der Waals surface area contributed by atoms with Crippen molar-refractivity contribution in [1.29, 1.82) is 0 Å². The molecule has 0 amide bonds. The first-order valence-corrected chi connectivity index (χ1v) is 8.48. The monoisotopic (exact) mass is 278 g/mol. The fourth-order valence-corrected chi connectivity index (χ4v) is 2.54. The Bertz CT molecular complexity index is 311. The van der Waals surface area contributed by atoms with Crippen LogP contribution in [0.25, 0.3) is 0 Å². The maximum atomic E-state index is 10.9. The highest BCUT2D eigenvalue weighted by Gasteiger charge is 2.22. The van der Waals surface area contributed by atoms with E-state index >= 15 is 0 Å². The third kappa shape index (κ3) is 9.02. The third-order valence-corrected chi connectivity index (χ3v) is 3.83. The van der Waals surface area contributed by atoms with Crippen LogP contribution in [0.15, 0.2) is 0 Å². The molecule has 1 aliphatic rings. The van der Waals surface area contributed by atoms with Gasteiger partial charge in [0.15, 0.2) is 0 Å². The second-order valence-corrected chi connectivity index (χ2v) is 5.77. The molecule has 0 aliphatic carbocycles. The van der Waals surface area contributed by atoms with Gasteiger partial charge >= 0.3 is 5.97 Å². The van der Waals surface area contributed by atoms with Crippen LogP contribution in [-0.4, -0.2) is 12.1 Å². The normalized spacial score (nSPS) is 17.6. The Morgan fingerprint density at radius 1 is 1.00 bits per heavy atom. The quantitative estimate of drug-likeness (QED) is 0.319. The lowest BCUT2D eigenvalue weighted by atomic mass is 10.1. The van der Waals surface area contributed by atoms with E-state index in [1.165, 1.54) is 38.5 Å². The first kappa shape index (κ1) is 17.1. The zero-order valence-corrected chi connectivity index (χ0v) is 13.1. The first-order valence-electron chi connectivity index (χ1n) is 8.48. The molecule has 1 heterocycles. The van der Waals surface area contributed by atoms with Crippen molar-refractivity contribution in [3.8, 4) is 11.8 Å². The molecule has 2 heteroatoms. The van der Waals surface area contributed by atoms with Crippen molar-refractivity contribution < 1.29 is 9.53 Å². The largest absolute Gasteiger partial charge is 0.462 e. The summed E-state index contributed by atoms with van der Waals surface area (Å²) in [5, 5.41) is 0. The van der Waals surface area contributed by atoms with Crippen LogP contribution in [0.3, 0.4) is 0 Å². The molecule has 1 fully saturated rings. The van der Waals surface area contributed by atoms with Gasteiger partial charge in [0.25, 0.3) is 0 Å². The first-order chi connectivity index (χ1) is 9.83. The summed E-state index contributed by atoms with van der Waals surface area (Å²) in [6, 6.07) is 0. The number of unbranched alkanes of at least 4 members (excludes halogenated alkanes) is 8. The van der Waals surface area contributed by atoms with Crippen LogP contribution in [0, 0.1) is 11.8 Å². The molecule has 20 heavy (non-hydrogen) atoms. The van der Waals surface area contributed by atoms with Gasteiger partial charge in [-0.15, -0.1) is 11.8 Å². The number of esters is 1. The lowest BCUT2D eigenvalue weighted by molar-refractivity contribution is -0.141. The van der Waals surface area contributed by atoms with Crippen LogP contribution in [0.4, 0.5) is 0 Å². The predicted octanol–water partition coefficient (Wildman–Crippen LogP) is 5.01. The molecule has 2 nitrogen and oxygen atoms in total. The average Bonchev–Trinajstić information content (AvgIpc) is 2.86. The molecule has 0 bridgehead atoms. The third-order valence-electron chi connectivity index (χ3n) is 3.83. The molecule has 0 saturated carbocycles. The summed E-state index contributed by atoms with van der Waals surface area (Å²) in [5.74, 6) is 6.52. The molecule has 0 N–H and O–H groups in total. The van der Waals surface area contributed by atoms with Crippen LogP contribution in [0.1, 0.15) is 90.4 Å². The summed E-state index contributed by atoms with van der Waals surface area (Å²) >= 11 is 0. The van der Waals surface area contributed by atoms with Gasteiger partial charge in [0.05, 0.1) is 0 Å². The topological polar surface area (TPSA) is 26.3 Å². The van der Waals surface area contributed by atoms with Crippen molar-refractivity contribution in [2.75, 3.05) is 0 Å². The molecule has 0 unspecified atom stereocenters. The van der Waals surface area contributed by atoms with E-state index in [1.54, 1.807) is 0 Å². The van der Waals surface area contributed by atoms with Crippen LogP contribution in [-0.2, 0) is 9.53 Å². The van der Waals surface area contributed by atoms with Crippen molar-refractivity contribution in [3.05, 3.63) is 0 Å². The molecular weight excluding hydrogens is 248 g/mol. The van der Waals surface area contributed by atoms with E-state index in [0.29, 0.717) is 6.42 Å². The highest BCUT2D eigenvalue weighted by Crippen LogP contribution is 2.19. The van der Waals surface area contributed by atoms with E-state index in [1.807, 2.05) is 0 Å². The Balaban J connectivity index is 1.82. The van der Waals surface area contributed by atoms with Gasteiger partial charge in [-0.05, 0) is 32.1 Å². The second-order valence-electron chi connectivity index (χ2n) is 5.77. The molecule has 0 aromatic rings. The highest BCUT2D eigenvalue weighted by atomic mass is 16.5. The van der Waals surface area contributed by atoms with Gasteiger partial charge in [-0.1, -0.05) is 39.0 Å². The number of hydrogen-bond donors (Lipinski definition) is 0. The number of cyclic esters (lactones) is 1.